The maximum Gasteiger partial charge on any atom is 0.400 e. The fourth-order valence-corrected chi connectivity index (χ4v) is 3.40. The summed E-state index contributed by atoms with van der Waals surface area (Å²) in [6.45, 7) is 0. The van der Waals surface area contributed by atoms with Crippen molar-refractivity contribution < 1.29 is 27.5 Å². The first-order valence-electron chi connectivity index (χ1n) is 7.48. The second kappa shape index (κ2) is 7.01. The number of rotatable bonds is 3. The standard InChI is InChI=1S/C17H10Cl2F4N2O2/c18-9-3-6-12(11(19)7-9)25-15(8-1-4-10(20)5-2-8)13(17(21,22)23)14(24-25)16(26)27/h1-7,13,15H,(H,26,27). The van der Waals surface area contributed by atoms with Gasteiger partial charge in [0.1, 0.15) is 11.7 Å². The fraction of sp³-hybridized carbons (Fsp3) is 0.176. The van der Waals surface area contributed by atoms with Gasteiger partial charge in [-0.15, -0.1) is 0 Å². The summed E-state index contributed by atoms with van der Waals surface area (Å²) < 4.78 is 54.5. The number of carboxylic acids is 1. The van der Waals surface area contributed by atoms with E-state index in [9.17, 15) is 27.5 Å². The molecule has 1 N–H and O–H groups in total. The zero-order chi connectivity index (χ0) is 19.9. The van der Waals surface area contributed by atoms with Crippen LogP contribution >= 0.6 is 23.2 Å². The molecule has 0 aliphatic carbocycles. The number of anilines is 1. The molecule has 4 nitrogen and oxygen atoms in total. The first-order valence-corrected chi connectivity index (χ1v) is 8.23. The Hall–Kier alpha value is -2.32. The third-order valence-electron chi connectivity index (χ3n) is 4.03. The first-order chi connectivity index (χ1) is 12.6. The van der Waals surface area contributed by atoms with Crippen molar-refractivity contribution >= 4 is 40.6 Å². The van der Waals surface area contributed by atoms with Gasteiger partial charge in [-0.05, 0) is 35.9 Å². The van der Waals surface area contributed by atoms with Crippen molar-refractivity contribution in [1.29, 1.82) is 0 Å². The molecule has 0 bridgehead atoms. The van der Waals surface area contributed by atoms with Gasteiger partial charge >= 0.3 is 12.1 Å². The van der Waals surface area contributed by atoms with Crippen molar-refractivity contribution in [3.05, 3.63) is 63.9 Å². The molecule has 1 heterocycles. The second-order valence-electron chi connectivity index (χ2n) is 5.75. The lowest BCUT2D eigenvalue weighted by Gasteiger charge is -2.30. The first kappa shape index (κ1) is 19.4. The highest BCUT2D eigenvalue weighted by Gasteiger charge is 2.56. The number of aliphatic carboxylic acids is 1. The predicted octanol–water partition coefficient (Wildman–Crippen LogP) is 5.31. The molecule has 0 spiro atoms. The van der Waals surface area contributed by atoms with E-state index >= 15 is 0 Å². The maximum atomic E-state index is 13.7. The van der Waals surface area contributed by atoms with Crippen LogP contribution in [0.4, 0.5) is 23.2 Å². The molecule has 0 fully saturated rings. The van der Waals surface area contributed by atoms with Crippen LogP contribution in [0, 0.1) is 11.7 Å². The minimum atomic E-state index is -4.91. The number of benzene rings is 2. The Bertz CT molecular complexity index is 916. The molecular weight excluding hydrogens is 411 g/mol. The van der Waals surface area contributed by atoms with E-state index in [1.54, 1.807) is 0 Å². The van der Waals surface area contributed by atoms with E-state index in [1.807, 2.05) is 0 Å². The van der Waals surface area contributed by atoms with Crippen molar-refractivity contribution in [2.24, 2.45) is 11.0 Å². The lowest BCUT2D eigenvalue weighted by Crippen LogP contribution is -2.38. The number of alkyl halides is 3. The van der Waals surface area contributed by atoms with Gasteiger partial charge in [0, 0.05) is 5.02 Å². The van der Waals surface area contributed by atoms with Gasteiger partial charge in [-0.25, -0.2) is 9.18 Å². The van der Waals surface area contributed by atoms with E-state index in [1.165, 1.54) is 18.2 Å². The molecule has 2 aromatic rings. The Kier molecular flexibility index (Phi) is 5.05. The van der Waals surface area contributed by atoms with Gasteiger partial charge in [0.05, 0.1) is 16.8 Å². The SMILES string of the molecule is O=C(O)C1=NN(c2ccc(Cl)cc2Cl)C(c2ccc(F)cc2)C1C(F)(F)F. The van der Waals surface area contributed by atoms with Gasteiger partial charge < -0.3 is 5.11 Å². The Morgan fingerprint density at radius 1 is 1.11 bits per heavy atom. The van der Waals surface area contributed by atoms with Crippen LogP contribution < -0.4 is 5.01 Å². The molecule has 0 amide bonds. The molecule has 142 valence electrons. The maximum absolute atomic E-state index is 13.7. The number of hydrazone groups is 1. The lowest BCUT2D eigenvalue weighted by molar-refractivity contribution is -0.162. The van der Waals surface area contributed by atoms with E-state index in [2.05, 4.69) is 5.10 Å². The third kappa shape index (κ3) is 3.72. The zero-order valence-corrected chi connectivity index (χ0v) is 14.7. The molecular formula is C17H10Cl2F4N2O2. The number of halogens is 6. The van der Waals surface area contributed by atoms with Crippen LogP contribution in [0.2, 0.25) is 10.0 Å². The molecule has 2 aromatic carbocycles. The van der Waals surface area contributed by atoms with E-state index in [0.29, 0.717) is 0 Å². The molecule has 1 aliphatic heterocycles. The molecule has 27 heavy (non-hydrogen) atoms. The number of nitrogens with zero attached hydrogens (tertiary/aromatic N) is 2. The van der Waals surface area contributed by atoms with Crippen molar-refractivity contribution in [2.45, 2.75) is 12.2 Å². The predicted molar refractivity (Wildman–Crippen MR) is 92.7 cm³/mol. The summed E-state index contributed by atoms with van der Waals surface area (Å²) in [6.07, 6.45) is -4.91. The minimum Gasteiger partial charge on any atom is -0.477 e. The molecule has 0 aromatic heterocycles. The normalized spacial score (nSPS) is 19.9. The number of carboxylic acid groups (broad SMARTS) is 1. The summed E-state index contributed by atoms with van der Waals surface area (Å²) in [5.74, 6) is -4.89. The summed E-state index contributed by atoms with van der Waals surface area (Å²) in [6, 6.07) is 6.73. The Morgan fingerprint density at radius 2 is 1.74 bits per heavy atom. The summed E-state index contributed by atoms with van der Waals surface area (Å²) in [5.41, 5.74) is -1.01. The van der Waals surface area contributed by atoms with E-state index < -0.39 is 35.6 Å². The van der Waals surface area contributed by atoms with Crippen LogP contribution in [0.15, 0.2) is 47.6 Å². The van der Waals surface area contributed by atoms with Gasteiger partial charge in [-0.2, -0.15) is 18.3 Å². The molecule has 0 radical (unpaired) electrons. The van der Waals surface area contributed by atoms with E-state index in [0.717, 1.165) is 29.3 Å². The topological polar surface area (TPSA) is 52.9 Å². The molecule has 0 saturated heterocycles. The lowest BCUT2D eigenvalue weighted by atomic mass is 9.89. The largest absolute Gasteiger partial charge is 0.477 e. The zero-order valence-electron chi connectivity index (χ0n) is 13.2. The number of carbonyl (C=O) groups is 1. The van der Waals surface area contributed by atoms with Crippen molar-refractivity contribution in [3.8, 4) is 0 Å². The van der Waals surface area contributed by atoms with Crippen molar-refractivity contribution in [2.75, 3.05) is 5.01 Å². The molecule has 3 rings (SSSR count). The quantitative estimate of drug-likeness (QED) is 0.684. The van der Waals surface area contributed by atoms with Crippen LogP contribution in [0.3, 0.4) is 0 Å². The van der Waals surface area contributed by atoms with Crippen molar-refractivity contribution in [1.82, 2.24) is 0 Å². The van der Waals surface area contributed by atoms with Gasteiger partial charge in [0.15, 0.2) is 5.71 Å². The number of hydrogen-bond donors (Lipinski definition) is 1. The highest BCUT2D eigenvalue weighted by atomic mass is 35.5. The fourth-order valence-electron chi connectivity index (χ4n) is 2.91. The molecule has 0 saturated carbocycles. The highest BCUT2D eigenvalue weighted by molar-refractivity contribution is 6.38. The number of hydrogen-bond acceptors (Lipinski definition) is 3. The average Bonchev–Trinajstić information content (AvgIpc) is 2.96. The van der Waals surface area contributed by atoms with E-state index in [-0.39, 0.29) is 21.3 Å². The van der Waals surface area contributed by atoms with Gasteiger partial charge in [0.2, 0.25) is 0 Å². The Morgan fingerprint density at radius 3 is 2.26 bits per heavy atom. The van der Waals surface area contributed by atoms with Crippen LogP contribution in [0.5, 0.6) is 0 Å². The minimum absolute atomic E-state index is 0.00840. The Labute approximate surface area is 160 Å². The molecule has 10 heteroatoms. The van der Waals surface area contributed by atoms with Crippen LogP contribution in [-0.4, -0.2) is 23.0 Å². The van der Waals surface area contributed by atoms with Crippen molar-refractivity contribution in [3.63, 3.8) is 0 Å². The molecule has 2 unspecified atom stereocenters. The third-order valence-corrected chi connectivity index (χ3v) is 4.57. The molecule has 1 aliphatic rings. The van der Waals surface area contributed by atoms with Gasteiger partial charge in [0.25, 0.3) is 0 Å². The van der Waals surface area contributed by atoms with E-state index in [4.69, 9.17) is 23.2 Å². The van der Waals surface area contributed by atoms with Crippen LogP contribution in [0.1, 0.15) is 11.6 Å². The second-order valence-corrected chi connectivity index (χ2v) is 6.59. The Balaban J connectivity index is 2.21. The average molecular weight is 421 g/mol. The molecule has 2 atom stereocenters. The van der Waals surface area contributed by atoms with Gasteiger partial charge in [-0.3, -0.25) is 5.01 Å². The van der Waals surface area contributed by atoms with Crippen LogP contribution in [0.25, 0.3) is 0 Å². The monoisotopic (exact) mass is 420 g/mol. The summed E-state index contributed by atoms with van der Waals surface area (Å²) in [7, 11) is 0. The van der Waals surface area contributed by atoms with Gasteiger partial charge in [-0.1, -0.05) is 35.3 Å². The summed E-state index contributed by atoms with van der Waals surface area (Å²) >= 11 is 11.9. The smallest absolute Gasteiger partial charge is 0.400 e. The van der Waals surface area contributed by atoms with Crippen LogP contribution in [-0.2, 0) is 4.79 Å². The summed E-state index contributed by atoms with van der Waals surface area (Å²) in [4.78, 5) is 11.4. The highest BCUT2D eigenvalue weighted by Crippen LogP contribution is 2.48. The summed E-state index contributed by atoms with van der Waals surface area (Å²) in [5, 5.41) is 14.1.